The number of aryl methyl sites for hydroxylation is 1. The zero-order valence-electron chi connectivity index (χ0n) is 17.6. The number of nitrogens with zero attached hydrogens (tertiary/aromatic N) is 1. The Hall–Kier alpha value is -2.07. The fourth-order valence-corrected chi connectivity index (χ4v) is 4.21. The standard InChI is InChI=1S/C24H33NO3/c1-18(2)23-16-24(12-15-28-23,21-9-7-19(3)8-10-21)11-13-25(20(4)26)17-22-6-5-14-27-22/h5-10,14,18,23H,11-13,15-17H2,1-4H3/t23-,24+/m0/s1. The number of amides is 1. The summed E-state index contributed by atoms with van der Waals surface area (Å²) in [5.74, 6) is 1.40. The molecule has 0 bridgehead atoms. The predicted octanol–water partition coefficient (Wildman–Crippen LogP) is 5.10. The summed E-state index contributed by atoms with van der Waals surface area (Å²) >= 11 is 0. The van der Waals surface area contributed by atoms with E-state index in [0.29, 0.717) is 19.0 Å². The van der Waals surface area contributed by atoms with Crippen LogP contribution in [0.1, 0.15) is 56.9 Å². The summed E-state index contributed by atoms with van der Waals surface area (Å²) in [7, 11) is 0. The molecule has 0 unspecified atom stereocenters. The first kappa shape index (κ1) is 20.7. The Morgan fingerprint density at radius 3 is 2.61 bits per heavy atom. The van der Waals surface area contributed by atoms with Crippen molar-refractivity contribution in [1.82, 2.24) is 4.90 Å². The van der Waals surface area contributed by atoms with Crippen LogP contribution >= 0.6 is 0 Å². The summed E-state index contributed by atoms with van der Waals surface area (Å²) in [6, 6.07) is 12.7. The third-order valence-corrected chi connectivity index (χ3v) is 6.14. The van der Waals surface area contributed by atoms with Crippen LogP contribution in [0, 0.1) is 12.8 Å². The van der Waals surface area contributed by atoms with Gasteiger partial charge in [-0.2, -0.15) is 0 Å². The minimum absolute atomic E-state index is 0.0394. The smallest absolute Gasteiger partial charge is 0.219 e. The van der Waals surface area contributed by atoms with Crippen LogP contribution in [0.3, 0.4) is 0 Å². The van der Waals surface area contributed by atoms with E-state index in [0.717, 1.165) is 31.6 Å². The van der Waals surface area contributed by atoms with Gasteiger partial charge in [-0.25, -0.2) is 0 Å². The van der Waals surface area contributed by atoms with E-state index in [4.69, 9.17) is 9.15 Å². The molecule has 1 aliphatic heterocycles. The van der Waals surface area contributed by atoms with E-state index in [1.54, 1.807) is 13.2 Å². The third-order valence-electron chi connectivity index (χ3n) is 6.14. The van der Waals surface area contributed by atoms with Crippen LogP contribution in [0.2, 0.25) is 0 Å². The minimum Gasteiger partial charge on any atom is -0.467 e. The molecule has 0 spiro atoms. The largest absolute Gasteiger partial charge is 0.467 e. The summed E-state index contributed by atoms with van der Waals surface area (Å²) in [4.78, 5) is 14.2. The lowest BCUT2D eigenvalue weighted by Crippen LogP contribution is -2.43. The number of carbonyl (C=O) groups is 1. The number of hydrogen-bond acceptors (Lipinski definition) is 3. The van der Waals surface area contributed by atoms with Gasteiger partial charge in [-0.05, 0) is 49.8 Å². The number of furan rings is 1. The summed E-state index contributed by atoms with van der Waals surface area (Å²) in [5, 5.41) is 0. The molecule has 1 aliphatic rings. The molecule has 1 saturated heterocycles. The molecule has 4 heteroatoms. The van der Waals surface area contributed by atoms with Crippen LogP contribution < -0.4 is 0 Å². The van der Waals surface area contributed by atoms with Crippen molar-refractivity contribution in [3.05, 3.63) is 59.5 Å². The van der Waals surface area contributed by atoms with Gasteiger partial charge >= 0.3 is 0 Å². The molecule has 4 nitrogen and oxygen atoms in total. The van der Waals surface area contributed by atoms with Crippen molar-refractivity contribution < 1.29 is 13.9 Å². The van der Waals surface area contributed by atoms with E-state index < -0.39 is 0 Å². The lowest BCUT2D eigenvalue weighted by Gasteiger charge is -2.44. The Bertz CT molecular complexity index is 751. The summed E-state index contributed by atoms with van der Waals surface area (Å²) < 4.78 is 11.5. The summed E-state index contributed by atoms with van der Waals surface area (Å²) in [6.45, 7) is 10.2. The maximum Gasteiger partial charge on any atom is 0.219 e. The van der Waals surface area contributed by atoms with E-state index in [1.807, 2.05) is 17.0 Å². The molecule has 1 fully saturated rings. The molecule has 1 amide bonds. The van der Waals surface area contributed by atoms with Gasteiger partial charge in [0, 0.05) is 25.5 Å². The van der Waals surface area contributed by atoms with Gasteiger partial charge in [0.15, 0.2) is 0 Å². The fraction of sp³-hybridized carbons (Fsp3) is 0.542. The van der Waals surface area contributed by atoms with Crippen LogP contribution in [-0.2, 0) is 21.5 Å². The zero-order valence-corrected chi connectivity index (χ0v) is 17.6. The lowest BCUT2D eigenvalue weighted by atomic mass is 9.68. The molecule has 3 rings (SSSR count). The quantitative estimate of drug-likeness (QED) is 0.668. The summed E-state index contributed by atoms with van der Waals surface area (Å²) in [6.07, 6.45) is 4.84. The van der Waals surface area contributed by atoms with Crippen LogP contribution in [-0.4, -0.2) is 30.1 Å². The molecule has 28 heavy (non-hydrogen) atoms. The van der Waals surface area contributed by atoms with Gasteiger partial charge in [0.05, 0.1) is 18.9 Å². The van der Waals surface area contributed by atoms with E-state index >= 15 is 0 Å². The zero-order chi connectivity index (χ0) is 20.1. The van der Waals surface area contributed by atoms with E-state index in [2.05, 4.69) is 45.0 Å². The second-order valence-electron chi connectivity index (χ2n) is 8.52. The molecule has 152 valence electrons. The van der Waals surface area contributed by atoms with Crippen molar-refractivity contribution in [3.8, 4) is 0 Å². The normalized spacial score (nSPS) is 22.4. The van der Waals surface area contributed by atoms with Crippen LogP contribution in [0.5, 0.6) is 0 Å². The third kappa shape index (κ3) is 4.85. The Morgan fingerprint density at radius 1 is 1.25 bits per heavy atom. The molecular weight excluding hydrogens is 350 g/mol. The van der Waals surface area contributed by atoms with Gasteiger partial charge in [0.1, 0.15) is 5.76 Å². The molecule has 2 aromatic rings. The van der Waals surface area contributed by atoms with E-state index in [-0.39, 0.29) is 17.4 Å². The van der Waals surface area contributed by atoms with Crippen molar-refractivity contribution in [2.24, 2.45) is 5.92 Å². The molecule has 0 radical (unpaired) electrons. The van der Waals surface area contributed by atoms with Crippen molar-refractivity contribution in [3.63, 3.8) is 0 Å². The Balaban J connectivity index is 1.82. The highest BCUT2D eigenvalue weighted by Crippen LogP contribution is 2.42. The molecule has 1 aromatic heterocycles. The van der Waals surface area contributed by atoms with Crippen LogP contribution in [0.25, 0.3) is 0 Å². The Kier molecular flexibility index (Phi) is 6.61. The van der Waals surface area contributed by atoms with Gasteiger partial charge in [-0.1, -0.05) is 43.7 Å². The van der Waals surface area contributed by atoms with Gasteiger partial charge in [-0.3, -0.25) is 4.79 Å². The SMILES string of the molecule is CC(=O)N(CC[C@@]1(c2ccc(C)cc2)CCO[C@H](C(C)C)C1)Cc1ccco1. The van der Waals surface area contributed by atoms with Gasteiger partial charge in [-0.15, -0.1) is 0 Å². The second-order valence-corrected chi connectivity index (χ2v) is 8.52. The molecule has 0 N–H and O–H groups in total. The van der Waals surface area contributed by atoms with Gasteiger partial charge in [0.2, 0.25) is 5.91 Å². The molecule has 2 heterocycles. The van der Waals surface area contributed by atoms with Gasteiger partial charge < -0.3 is 14.1 Å². The minimum atomic E-state index is 0.0394. The second kappa shape index (κ2) is 8.95. The highest BCUT2D eigenvalue weighted by atomic mass is 16.5. The maximum absolute atomic E-state index is 12.3. The Morgan fingerprint density at radius 2 is 2.00 bits per heavy atom. The highest BCUT2D eigenvalue weighted by Gasteiger charge is 2.39. The average molecular weight is 384 g/mol. The van der Waals surface area contributed by atoms with Crippen molar-refractivity contribution in [2.45, 2.75) is 65.0 Å². The number of hydrogen-bond donors (Lipinski definition) is 0. The molecule has 0 aliphatic carbocycles. The monoisotopic (exact) mass is 383 g/mol. The van der Waals surface area contributed by atoms with Crippen molar-refractivity contribution in [2.75, 3.05) is 13.2 Å². The summed E-state index contributed by atoms with van der Waals surface area (Å²) in [5.41, 5.74) is 2.68. The maximum atomic E-state index is 12.3. The lowest BCUT2D eigenvalue weighted by molar-refractivity contribution is -0.130. The molecular formula is C24H33NO3. The number of benzene rings is 1. The van der Waals surface area contributed by atoms with Crippen molar-refractivity contribution in [1.29, 1.82) is 0 Å². The highest BCUT2D eigenvalue weighted by molar-refractivity contribution is 5.73. The number of rotatable bonds is 7. The predicted molar refractivity (Wildman–Crippen MR) is 111 cm³/mol. The first-order valence-electron chi connectivity index (χ1n) is 10.4. The number of ether oxygens (including phenoxy) is 1. The topological polar surface area (TPSA) is 42.7 Å². The molecule has 0 saturated carbocycles. The average Bonchev–Trinajstić information content (AvgIpc) is 3.18. The molecule has 1 aromatic carbocycles. The van der Waals surface area contributed by atoms with Crippen LogP contribution in [0.15, 0.2) is 47.1 Å². The van der Waals surface area contributed by atoms with Gasteiger partial charge in [0.25, 0.3) is 0 Å². The van der Waals surface area contributed by atoms with Crippen molar-refractivity contribution >= 4 is 5.91 Å². The van der Waals surface area contributed by atoms with E-state index in [1.165, 1.54) is 11.1 Å². The number of carbonyl (C=O) groups excluding carboxylic acids is 1. The van der Waals surface area contributed by atoms with E-state index in [9.17, 15) is 4.79 Å². The first-order valence-corrected chi connectivity index (χ1v) is 10.4. The first-order chi connectivity index (χ1) is 13.4. The van der Waals surface area contributed by atoms with Crippen LogP contribution in [0.4, 0.5) is 0 Å². The fourth-order valence-electron chi connectivity index (χ4n) is 4.21. The Labute approximate surface area is 168 Å². The molecule has 2 atom stereocenters.